The third kappa shape index (κ3) is 3.91. The van der Waals surface area contributed by atoms with Gasteiger partial charge < -0.3 is 15.2 Å². The van der Waals surface area contributed by atoms with Gasteiger partial charge in [-0.25, -0.2) is 4.79 Å². The van der Waals surface area contributed by atoms with Crippen LogP contribution in [-0.4, -0.2) is 29.1 Å². The van der Waals surface area contributed by atoms with Gasteiger partial charge in [0.15, 0.2) is 11.3 Å². The summed E-state index contributed by atoms with van der Waals surface area (Å²) in [7, 11) is 0. The number of carbonyl (C=O) groups is 2. The van der Waals surface area contributed by atoms with Crippen LogP contribution in [0.1, 0.15) is 0 Å². The summed E-state index contributed by atoms with van der Waals surface area (Å²) < 4.78 is 40.9. The lowest BCUT2D eigenvalue weighted by Crippen LogP contribution is -2.19. The molecule has 1 aromatic carbocycles. The van der Waals surface area contributed by atoms with E-state index in [2.05, 4.69) is 10.1 Å². The van der Waals surface area contributed by atoms with Crippen LogP contribution < -0.4 is 5.32 Å². The minimum Gasteiger partial charge on any atom is -0.508 e. The minimum atomic E-state index is -4.39. The van der Waals surface area contributed by atoms with Gasteiger partial charge in [0.05, 0.1) is 0 Å². The van der Waals surface area contributed by atoms with E-state index < -0.39 is 28.7 Å². The molecule has 9 heteroatoms. The number of nitrogens with one attached hydrogen (secondary N) is 1. The first-order chi connectivity index (χ1) is 9.76. The molecule has 1 aliphatic rings. The third-order valence-corrected chi connectivity index (χ3v) is 3.14. The molecule has 0 saturated carbocycles. The van der Waals surface area contributed by atoms with Crippen LogP contribution in [-0.2, 0) is 14.3 Å². The number of carbonyl (C=O) groups excluding carboxylic acids is 2. The Morgan fingerprint density at radius 1 is 1.29 bits per heavy atom. The molecule has 5 nitrogen and oxygen atoms in total. The van der Waals surface area contributed by atoms with E-state index in [0.717, 1.165) is 0 Å². The van der Waals surface area contributed by atoms with Crippen LogP contribution in [0, 0.1) is 0 Å². The number of cyclic esters (lactones) is 1. The average molecular weight is 319 g/mol. The summed E-state index contributed by atoms with van der Waals surface area (Å²) in [6.45, 7) is -0.372. The second kappa shape index (κ2) is 5.68. The monoisotopic (exact) mass is 319 g/mol. The summed E-state index contributed by atoms with van der Waals surface area (Å²) in [5.74, 6) is -2.32. The summed E-state index contributed by atoms with van der Waals surface area (Å²) in [6, 6.07) is 4.86. The van der Waals surface area contributed by atoms with Gasteiger partial charge in [0.2, 0.25) is 0 Å². The largest absolute Gasteiger partial charge is 0.508 e. The Hall–Kier alpha value is -2.16. The first-order valence-electron chi connectivity index (χ1n) is 5.52. The van der Waals surface area contributed by atoms with Crippen molar-refractivity contribution in [1.82, 2.24) is 0 Å². The molecular weight excluding hydrogens is 311 g/mol. The molecule has 1 aromatic rings. The number of hydrogen-bond donors (Lipinski definition) is 2. The molecular formula is C12H8F3NO4S. The van der Waals surface area contributed by atoms with E-state index in [9.17, 15) is 27.9 Å². The van der Waals surface area contributed by atoms with Gasteiger partial charge in [-0.05, 0) is 36.0 Å². The number of halogens is 3. The molecule has 0 aliphatic carbocycles. The van der Waals surface area contributed by atoms with Gasteiger partial charge in [-0.15, -0.1) is 0 Å². The topological polar surface area (TPSA) is 75.6 Å². The number of esters is 1. The van der Waals surface area contributed by atoms with Crippen LogP contribution in [0.4, 0.5) is 18.9 Å². The van der Waals surface area contributed by atoms with Crippen LogP contribution in [0.2, 0.25) is 0 Å². The van der Waals surface area contributed by atoms with E-state index in [1.165, 1.54) is 24.3 Å². The molecule has 0 fully saturated rings. The van der Waals surface area contributed by atoms with Gasteiger partial charge in [0.1, 0.15) is 6.61 Å². The number of amides is 1. The number of aliphatic hydroxyl groups is 1. The van der Waals surface area contributed by atoms with Crippen molar-refractivity contribution >= 4 is 29.3 Å². The Balaban J connectivity index is 2.06. The van der Waals surface area contributed by atoms with E-state index in [0.29, 0.717) is 0 Å². The van der Waals surface area contributed by atoms with E-state index in [1.807, 2.05) is 0 Å². The smallest absolute Gasteiger partial charge is 0.446 e. The molecule has 1 aliphatic heterocycles. The molecule has 0 radical (unpaired) electrons. The van der Waals surface area contributed by atoms with Crippen LogP contribution in [0.3, 0.4) is 0 Å². The number of rotatable bonds is 3. The van der Waals surface area contributed by atoms with Crippen molar-refractivity contribution in [1.29, 1.82) is 0 Å². The molecule has 0 atom stereocenters. The van der Waals surface area contributed by atoms with Gasteiger partial charge in [0.25, 0.3) is 5.91 Å². The quantitative estimate of drug-likeness (QED) is 0.509. The Kier molecular flexibility index (Phi) is 4.12. The molecule has 0 bridgehead atoms. The van der Waals surface area contributed by atoms with Crippen molar-refractivity contribution in [3.8, 4) is 0 Å². The Morgan fingerprint density at radius 3 is 2.38 bits per heavy atom. The predicted molar refractivity (Wildman–Crippen MR) is 67.6 cm³/mol. The predicted octanol–water partition coefficient (Wildman–Crippen LogP) is 2.61. The maximum Gasteiger partial charge on any atom is 0.446 e. The number of alkyl halides is 3. The van der Waals surface area contributed by atoms with Crippen molar-refractivity contribution < 1.29 is 32.6 Å². The number of thioether (sulfide) groups is 1. The fourth-order valence-corrected chi connectivity index (χ4v) is 2.09. The van der Waals surface area contributed by atoms with Gasteiger partial charge >= 0.3 is 11.5 Å². The molecule has 0 unspecified atom stereocenters. The van der Waals surface area contributed by atoms with Crippen LogP contribution in [0.25, 0.3) is 0 Å². The number of anilines is 1. The minimum absolute atomic E-state index is 0.0390. The second-order valence-electron chi connectivity index (χ2n) is 3.92. The standard InChI is InChI=1S/C12H8F3NO4S/c13-12(14,15)21-7-3-1-6(2-4-7)16-10(18)9-8(17)5-20-11(9)19/h1-4,17H,5H2,(H,16,18). The zero-order valence-corrected chi connectivity index (χ0v) is 11.0. The van der Waals surface area contributed by atoms with Crippen molar-refractivity contribution in [3.63, 3.8) is 0 Å². The summed E-state index contributed by atoms with van der Waals surface area (Å²) in [5.41, 5.74) is -4.72. The number of ether oxygens (including phenoxy) is 1. The van der Waals surface area contributed by atoms with Crippen molar-refractivity contribution in [3.05, 3.63) is 35.6 Å². The molecule has 0 saturated heterocycles. The molecule has 0 spiro atoms. The molecule has 0 aromatic heterocycles. The fourth-order valence-electron chi connectivity index (χ4n) is 1.55. The van der Waals surface area contributed by atoms with Crippen molar-refractivity contribution in [2.24, 2.45) is 0 Å². The molecule has 2 rings (SSSR count). The van der Waals surface area contributed by atoms with Gasteiger partial charge in [-0.1, -0.05) is 0 Å². The van der Waals surface area contributed by atoms with Crippen LogP contribution in [0.15, 0.2) is 40.5 Å². The molecule has 2 N–H and O–H groups in total. The lowest BCUT2D eigenvalue weighted by atomic mass is 10.2. The maximum atomic E-state index is 12.2. The lowest BCUT2D eigenvalue weighted by Gasteiger charge is -2.07. The summed E-state index contributed by atoms with van der Waals surface area (Å²) >= 11 is -0.282. The second-order valence-corrected chi connectivity index (χ2v) is 5.06. The van der Waals surface area contributed by atoms with Crippen LogP contribution in [0.5, 0.6) is 0 Å². The van der Waals surface area contributed by atoms with Gasteiger partial charge in [-0.2, -0.15) is 13.2 Å². The normalized spacial score (nSPS) is 15.1. The molecule has 112 valence electrons. The van der Waals surface area contributed by atoms with E-state index >= 15 is 0 Å². The van der Waals surface area contributed by atoms with E-state index in [1.54, 1.807) is 0 Å². The zero-order chi connectivity index (χ0) is 15.6. The van der Waals surface area contributed by atoms with Crippen molar-refractivity contribution in [2.75, 3.05) is 11.9 Å². The summed E-state index contributed by atoms with van der Waals surface area (Å²) in [4.78, 5) is 22.9. The first-order valence-corrected chi connectivity index (χ1v) is 6.34. The summed E-state index contributed by atoms with van der Waals surface area (Å²) in [5, 5.41) is 11.6. The molecule has 1 amide bonds. The SMILES string of the molecule is O=C(Nc1ccc(SC(F)(F)F)cc1)C1=C(O)COC1=O. The molecule has 1 heterocycles. The Labute approximate surface area is 120 Å². The highest BCUT2D eigenvalue weighted by Gasteiger charge is 2.31. The first kappa shape index (κ1) is 15.2. The maximum absolute atomic E-state index is 12.2. The Morgan fingerprint density at radius 2 is 1.90 bits per heavy atom. The number of benzene rings is 1. The molecule has 21 heavy (non-hydrogen) atoms. The van der Waals surface area contributed by atoms with E-state index in [4.69, 9.17) is 0 Å². The van der Waals surface area contributed by atoms with Crippen LogP contribution >= 0.6 is 11.8 Å². The van der Waals surface area contributed by atoms with Crippen molar-refractivity contribution in [2.45, 2.75) is 10.4 Å². The fraction of sp³-hybridized carbons (Fsp3) is 0.167. The lowest BCUT2D eigenvalue weighted by molar-refractivity contribution is -0.137. The third-order valence-electron chi connectivity index (χ3n) is 2.41. The highest BCUT2D eigenvalue weighted by Crippen LogP contribution is 2.37. The summed E-state index contributed by atoms with van der Waals surface area (Å²) in [6.07, 6.45) is 0. The Bertz CT molecular complexity index is 610. The zero-order valence-electron chi connectivity index (χ0n) is 10.2. The number of aliphatic hydroxyl groups excluding tert-OH is 1. The highest BCUT2D eigenvalue weighted by molar-refractivity contribution is 8.00. The highest BCUT2D eigenvalue weighted by atomic mass is 32.2. The van der Waals surface area contributed by atoms with Gasteiger partial charge in [0, 0.05) is 10.6 Å². The van der Waals surface area contributed by atoms with E-state index in [-0.39, 0.29) is 29.0 Å². The average Bonchev–Trinajstić information content (AvgIpc) is 2.70. The van der Waals surface area contributed by atoms with Gasteiger partial charge in [-0.3, -0.25) is 4.79 Å². The number of hydrogen-bond acceptors (Lipinski definition) is 5.